The predicted octanol–water partition coefficient (Wildman–Crippen LogP) is 4.24. The van der Waals surface area contributed by atoms with Crippen molar-refractivity contribution in [3.63, 3.8) is 0 Å². The van der Waals surface area contributed by atoms with E-state index < -0.39 is 0 Å². The normalized spacial score (nSPS) is 16.0. The lowest BCUT2D eigenvalue weighted by Gasteiger charge is -2.20. The first-order valence-electron chi connectivity index (χ1n) is 10.4. The van der Waals surface area contributed by atoms with Crippen LogP contribution in [0.25, 0.3) is 22.5 Å². The third-order valence-electron chi connectivity index (χ3n) is 6.01. The van der Waals surface area contributed by atoms with E-state index in [0.29, 0.717) is 35.1 Å². The van der Waals surface area contributed by atoms with Crippen LogP contribution < -0.4 is 5.56 Å². The van der Waals surface area contributed by atoms with Gasteiger partial charge >= 0.3 is 0 Å². The van der Waals surface area contributed by atoms with Gasteiger partial charge in [-0.2, -0.15) is 0 Å². The number of nitrogens with zero attached hydrogens (tertiary/aromatic N) is 4. The van der Waals surface area contributed by atoms with Crippen LogP contribution in [0.1, 0.15) is 41.6 Å². The molecular weight excluding hydrogens is 376 g/mol. The maximum absolute atomic E-state index is 13.2. The van der Waals surface area contributed by atoms with E-state index in [0.717, 1.165) is 41.8 Å². The Morgan fingerprint density at radius 1 is 1.20 bits per heavy atom. The number of pyridine rings is 1. The van der Waals surface area contributed by atoms with E-state index in [-0.39, 0.29) is 5.56 Å². The van der Waals surface area contributed by atoms with Crippen LogP contribution >= 0.6 is 0 Å². The van der Waals surface area contributed by atoms with Gasteiger partial charge in [-0.15, -0.1) is 0 Å². The van der Waals surface area contributed by atoms with Gasteiger partial charge in [-0.25, -0.2) is 15.0 Å². The molecule has 6 nitrogen and oxygen atoms in total. The number of oxazole rings is 1. The maximum atomic E-state index is 13.2. The number of aromatic nitrogens is 4. The van der Waals surface area contributed by atoms with Crippen LogP contribution in [0.5, 0.6) is 0 Å². The number of hydrogen-bond acceptors (Lipinski definition) is 5. The van der Waals surface area contributed by atoms with Gasteiger partial charge in [0.25, 0.3) is 5.56 Å². The van der Waals surface area contributed by atoms with E-state index in [1.54, 1.807) is 10.9 Å². The fraction of sp³-hybridized carbons (Fsp3) is 0.333. The summed E-state index contributed by atoms with van der Waals surface area (Å²) < 4.78 is 7.50. The highest BCUT2D eigenvalue weighted by Crippen LogP contribution is 2.26. The quantitative estimate of drug-likeness (QED) is 0.514. The minimum atomic E-state index is -0.0895. The Labute approximate surface area is 174 Å². The topological polar surface area (TPSA) is 73.8 Å². The van der Waals surface area contributed by atoms with Gasteiger partial charge < -0.3 is 4.42 Å². The average molecular weight is 400 g/mol. The van der Waals surface area contributed by atoms with Crippen LogP contribution in [0.4, 0.5) is 0 Å². The molecule has 6 heteroatoms. The molecule has 152 valence electrons. The summed E-state index contributed by atoms with van der Waals surface area (Å²) in [7, 11) is 0. The van der Waals surface area contributed by atoms with Crippen molar-refractivity contribution in [1.29, 1.82) is 0 Å². The smallest absolute Gasteiger partial charge is 0.263 e. The summed E-state index contributed by atoms with van der Waals surface area (Å²) in [5.41, 5.74) is 5.49. The summed E-state index contributed by atoms with van der Waals surface area (Å²) in [6, 6.07) is 9.97. The lowest BCUT2D eigenvalue weighted by molar-refractivity contribution is 0.495. The molecule has 0 bridgehead atoms. The molecule has 1 aliphatic carbocycles. The monoisotopic (exact) mass is 400 g/mol. The average Bonchev–Trinajstić information content (AvgIpc) is 3.09. The van der Waals surface area contributed by atoms with Crippen molar-refractivity contribution >= 4 is 11.0 Å². The Morgan fingerprint density at radius 2 is 2.03 bits per heavy atom. The van der Waals surface area contributed by atoms with Gasteiger partial charge in [0.05, 0.1) is 11.9 Å². The second-order valence-electron chi connectivity index (χ2n) is 8.33. The van der Waals surface area contributed by atoms with Crippen molar-refractivity contribution < 1.29 is 4.42 Å². The summed E-state index contributed by atoms with van der Waals surface area (Å²) in [5, 5.41) is 0.575. The fourth-order valence-corrected chi connectivity index (χ4v) is 4.20. The Balaban J connectivity index is 1.52. The van der Waals surface area contributed by atoms with Crippen LogP contribution in [-0.2, 0) is 19.4 Å². The molecule has 0 unspecified atom stereocenters. The summed E-state index contributed by atoms with van der Waals surface area (Å²) in [4.78, 5) is 27.0. The highest BCUT2D eigenvalue weighted by atomic mass is 16.4. The third-order valence-corrected chi connectivity index (χ3v) is 6.01. The Morgan fingerprint density at radius 3 is 2.87 bits per heavy atom. The van der Waals surface area contributed by atoms with Gasteiger partial charge in [-0.3, -0.25) is 9.36 Å². The molecule has 3 heterocycles. The summed E-state index contributed by atoms with van der Waals surface area (Å²) >= 11 is 0. The van der Waals surface area contributed by atoms with Crippen molar-refractivity contribution in [3.05, 3.63) is 75.3 Å². The van der Waals surface area contributed by atoms with Crippen molar-refractivity contribution in [1.82, 2.24) is 19.5 Å². The molecule has 0 aliphatic heterocycles. The van der Waals surface area contributed by atoms with E-state index in [4.69, 9.17) is 4.42 Å². The molecule has 3 aromatic heterocycles. The summed E-state index contributed by atoms with van der Waals surface area (Å²) in [6.45, 7) is 6.47. The van der Waals surface area contributed by atoms with Crippen LogP contribution in [0.3, 0.4) is 0 Å². The number of hydrogen-bond donors (Lipinski definition) is 0. The lowest BCUT2D eigenvalue weighted by atomic mass is 9.87. The first-order chi connectivity index (χ1) is 14.5. The highest BCUT2D eigenvalue weighted by Gasteiger charge is 2.19. The van der Waals surface area contributed by atoms with Crippen LogP contribution in [-0.4, -0.2) is 19.5 Å². The standard InChI is InChI=1S/C24H24N4O2/c1-14-8-9-20-17(10-14)11-19-22(26-20)25-13-28(24(19)29)12-21-16(3)30-23(27-21)18-7-5-4-6-15(18)2/h4-7,11,13-14H,8-10,12H2,1-3H3/t14-/m0/s1. The van der Waals surface area contributed by atoms with Crippen LogP contribution in [0, 0.1) is 19.8 Å². The molecule has 5 rings (SSSR count). The van der Waals surface area contributed by atoms with Crippen molar-refractivity contribution in [2.24, 2.45) is 5.92 Å². The largest absolute Gasteiger partial charge is 0.441 e. The molecule has 1 atom stereocenters. The van der Waals surface area contributed by atoms with E-state index in [9.17, 15) is 4.79 Å². The van der Waals surface area contributed by atoms with E-state index >= 15 is 0 Å². The highest BCUT2D eigenvalue weighted by molar-refractivity contribution is 5.74. The maximum Gasteiger partial charge on any atom is 0.263 e. The van der Waals surface area contributed by atoms with Gasteiger partial charge in [-0.1, -0.05) is 25.1 Å². The zero-order chi connectivity index (χ0) is 20.8. The minimum Gasteiger partial charge on any atom is -0.441 e. The number of rotatable bonds is 3. The first-order valence-corrected chi connectivity index (χ1v) is 10.4. The molecule has 30 heavy (non-hydrogen) atoms. The van der Waals surface area contributed by atoms with Gasteiger partial charge in [-0.05, 0) is 62.3 Å². The number of benzene rings is 1. The molecule has 1 aromatic carbocycles. The molecule has 1 aliphatic rings. The van der Waals surface area contributed by atoms with E-state index in [1.165, 1.54) is 5.56 Å². The van der Waals surface area contributed by atoms with Crippen molar-refractivity contribution in [3.8, 4) is 11.5 Å². The lowest BCUT2D eigenvalue weighted by Crippen LogP contribution is -2.23. The zero-order valence-corrected chi connectivity index (χ0v) is 17.5. The van der Waals surface area contributed by atoms with Gasteiger partial charge in [0.2, 0.25) is 5.89 Å². The predicted molar refractivity (Wildman–Crippen MR) is 116 cm³/mol. The molecule has 0 N–H and O–H groups in total. The molecule has 0 saturated heterocycles. The molecular formula is C24H24N4O2. The molecule has 0 fully saturated rings. The molecule has 4 aromatic rings. The second-order valence-corrected chi connectivity index (χ2v) is 8.33. The fourth-order valence-electron chi connectivity index (χ4n) is 4.20. The van der Waals surface area contributed by atoms with E-state index in [2.05, 4.69) is 21.9 Å². The van der Waals surface area contributed by atoms with Crippen LogP contribution in [0.15, 0.2) is 45.9 Å². The van der Waals surface area contributed by atoms with Crippen LogP contribution in [0.2, 0.25) is 0 Å². The second kappa shape index (κ2) is 7.20. The van der Waals surface area contributed by atoms with Crippen molar-refractivity contribution in [2.45, 2.75) is 46.6 Å². The first kappa shape index (κ1) is 18.7. The van der Waals surface area contributed by atoms with Crippen molar-refractivity contribution in [2.75, 3.05) is 0 Å². The molecule has 0 spiro atoms. The Kier molecular flexibility index (Phi) is 4.50. The van der Waals surface area contributed by atoms with Gasteiger partial charge in [0.1, 0.15) is 17.8 Å². The zero-order valence-electron chi connectivity index (χ0n) is 17.5. The van der Waals surface area contributed by atoms with Gasteiger partial charge in [0.15, 0.2) is 5.65 Å². The number of aryl methyl sites for hydroxylation is 3. The Bertz CT molecular complexity index is 1320. The Hall–Kier alpha value is -3.28. The third kappa shape index (κ3) is 3.22. The summed E-state index contributed by atoms with van der Waals surface area (Å²) in [6.07, 6.45) is 4.63. The molecule has 0 radical (unpaired) electrons. The van der Waals surface area contributed by atoms with E-state index in [1.807, 2.05) is 44.2 Å². The van der Waals surface area contributed by atoms with Gasteiger partial charge in [0, 0.05) is 11.3 Å². The number of fused-ring (bicyclic) bond motifs is 2. The summed E-state index contributed by atoms with van der Waals surface area (Å²) in [5.74, 6) is 1.90. The SMILES string of the molecule is Cc1ccccc1-c1nc(Cn2cnc3nc4c(cc3c2=O)C[C@@H](C)CC4)c(C)o1. The molecule has 0 amide bonds. The minimum absolute atomic E-state index is 0.0895. The molecule has 0 saturated carbocycles.